The summed E-state index contributed by atoms with van der Waals surface area (Å²) in [7, 11) is 1.78. The minimum atomic E-state index is -0.0348. The summed E-state index contributed by atoms with van der Waals surface area (Å²) < 4.78 is 1.97. The molecule has 3 amide bonds. The molecule has 0 bridgehead atoms. The number of amides is 3. The molecule has 2 saturated heterocycles. The fraction of sp³-hybridized carbons (Fsp3) is 0.688. The van der Waals surface area contributed by atoms with E-state index in [2.05, 4.69) is 5.10 Å². The number of urea groups is 1. The van der Waals surface area contributed by atoms with Crippen LogP contribution in [-0.4, -0.2) is 76.2 Å². The number of hydrogen-bond donors (Lipinski definition) is 0. The highest BCUT2D eigenvalue weighted by atomic mass is 16.2. The van der Waals surface area contributed by atoms with Gasteiger partial charge in [-0.25, -0.2) is 4.79 Å². The first kappa shape index (κ1) is 15.8. The van der Waals surface area contributed by atoms with Gasteiger partial charge in [-0.05, 0) is 31.2 Å². The number of carbonyl (C=O) groups is 2. The van der Waals surface area contributed by atoms with Gasteiger partial charge in [-0.3, -0.25) is 9.48 Å². The van der Waals surface area contributed by atoms with Crippen molar-refractivity contribution in [2.45, 2.75) is 25.8 Å². The van der Waals surface area contributed by atoms with Crippen molar-refractivity contribution < 1.29 is 9.59 Å². The van der Waals surface area contributed by atoms with Gasteiger partial charge < -0.3 is 14.7 Å². The average molecular weight is 319 g/mol. The van der Waals surface area contributed by atoms with Gasteiger partial charge in [0.25, 0.3) is 0 Å². The second kappa shape index (κ2) is 7.02. The molecule has 3 rings (SSSR count). The average Bonchev–Trinajstić information content (AvgIpc) is 3.19. The molecule has 126 valence electrons. The number of aromatic nitrogens is 2. The van der Waals surface area contributed by atoms with Crippen molar-refractivity contribution >= 4 is 11.9 Å². The number of piperidine rings is 1. The first-order valence-electron chi connectivity index (χ1n) is 8.39. The number of aryl methyl sites for hydroxylation is 1. The number of carbonyl (C=O) groups excluding carboxylic acids is 2. The Kier molecular flexibility index (Phi) is 4.83. The van der Waals surface area contributed by atoms with Crippen LogP contribution in [0.2, 0.25) is 0 Å². The van der Waals surface area contributed by atoms with Crippen LogP contribution in [0.5, 0.6) is 0 Å². The molecule has 0 atom stereocenters. The Morgan fingerprint density at radius 1 is 1.26 bits per heavy atom. The Morgan fingerprint density at radius 2 is 2.04 bits per heavy atom. The molecule has 7 nitrogen and oxygen atoms in total. The van der Waals surface area contributed by atoms with Crippen molar-refractivity contribution in [3.05, 3.63) is 18.5 Å². The number of likely N-dealkylation sites (N-methyl/N-ethyl adjacent to an activating group) is 1. The largest absolute Gasteiger partial charge is 0.341 e. The monoisotopic (exact) mass is 319 g/mol. The van der Waals surface area contributed by atoms with Crippen molar-refractivity contribution in [2.24, 2.45) is 5.92 Å². The zero-order valence-electron chi connectivity index (χ0n) is 13.7. The molecule has 0 aromatic carbocycles. The number of hydrogen-bond acceptors (Lipinski definition) is 3. The molecule has 0 N–H and O–H groups in total. The predicted octanol–water partition coefficient (Wildman–Crippen LogP) is 0.879. The zero-order valence-corrected chi connectivity index (χ0v) is 13.7. The van der Waals surface area contributed by atoms with E-state index >= 15 is 0 Å². The third-order valence-electron chi connectivity index (χ3n) is 4.92. The molecule has 2 aliphatic heterocycles. The normalized spacial score (nSPS) is 19.7. The van der Waals surface area contributed by atoms with Gasteiger partial charge in [-0.15, -0.1) is 0 Å². The topological polar surface area (TPSA) is 61.7 Å². The Balaban J connectivity index is 1.40. The molecule has 23 heavy (non-hydrogen) atoms. The van der Waals surface area contributed by atoms with Crippen LogP contribution >= 0.6 is 0 Å². The van der Waals surface area contributed by atoms with Gasteiger partial charge in [0, 0.05) is 52.2 Å². The smallest absolute Gasteiger partial charge is 0.320 e. The second-order valence-electron chi connectivity index (χ2n) is 6.51. The Morgan fingerprint density at radius 3 is 2.65 bits per heavy atom. The van der Waals surface area contributed by atoms with E-state index in [0.29, 0.717) is 19.0 Å². The summed E-state index contributed by atoms with van der Waals surface area (Å²) in [5, 5.41) is 4.23. The Hall–Kier alpha value is -2.05. The molecule has 0 spiro atoms. The molecular weight excluding hydrogens is 294 g/mol. The van der Waals surface area contributed by atoms with Crippen LogP contribution in [0.25, 0.3) is 0 Å². The number of nitrogens with zero attached hydrogens (tertiary/aromatic N) is 5. The van der Waals surface area contributed by atoms with Gasteiger partial charge >= 0.3 is 6.03 Å². The quantitative estimate of drug-likeness (QED) is 0.809. The third kappa shape index (κ3) is 3.83. The second-order valence-corrected chi connectivity index (χ2v) is 6.51. The fourth-order valence-electron chi connectivity index (χ4n) is 3.33. The standard InChI is InChI=1S/C16H25N5O2/c1-18-11-12-20(16(18)23)13-15(22)19-8-3-14(4-9-19)5-10-21-7-2-6-17-21/h2,6-7,14H,3-5,8-13H2,1H3. The summed E-state index contributed by atoms with van der Waals surface area (Å²) in [6.07, 6.45) is 6.99. The molecular formula is C16H25N5O2. The van der Waals surface area contributed by atoms with Gasteiger partial charge in [0.05, 0.1) is 0 Å². The fourth-order valence-corrected chi connectivity index (χ4v) is 3.33. The third-order valence-corrected chi connectivity index (χ3v) is 4.92. The minimum Gasteiger partial charge on any atom is -0.341 e. The molecule has 2 fully saturated rings. The van der Waals surface area contributed by atoms with E-state index in [1.807, 2.05) is 21.8 Å². The maximum atomic E-state index is 12.4. The lowest BCUT2D eigenvalue weighted by atomic mass is 9.93. The highest BCUT2D eigenvalue weighted by Crippen LogP contribution is 2.21. The van der Waals surface area contributed by atoms with Crippen molar-refractivity contribution in [3.8, 4) is 0 Å². The summed E-state index contributed by atoms with van der Waals surface area (Å²) in [4.78, 5) is 29.4. The molecule has 3 heterocycles. The maximum absolute atomic E-state index is 12.4. The van der Waals surface area contributed by atoms with E-state index < -0.39 is 0 Å². The summed E-state index contributed by atoms with van der Waals surface area (Å²) in [6, 6.07) is 1.91. The molecule has 1 aromatic heterocycles. The molecule has 0 aliphatic carbocycles. The molecule has 2 aliphatic rings. The molecule has 0 radical (unpaired) electrons. The SMILES string of the molecule is CN1CCN(CC(=O)N2CCC(CCn3cccn3)CC2)C1=O. The lowest BCUT2D eigenvalue weighted by molar-refractivity contribution is -0.133. The van der Waals surface area contributed by atoms with E-state index in [1.54, 1.807) is 23.0 Å². The number of rotatable bonds is 5. The van der Waals surface area contributed by atoms with Gasteiger partial charge in [-0.2, -0.15) is 5.10 Å². The first-order valence-corrected chi connectivity index (χ1v) is 8.39. The van der Waals surface area contributed by atoms with Gasteiger partial charge in [0.15, 0.2) is 0 Å². The summed E-state index contributed by atoms with van der Waals surface area (Å²) in [5.41, 5.74) is 0. The molecule has 7 heteroatoms. The number of likely N-dealkylation sites (tertiary alicyclic amines) is 1. The van der Waals surface area contributed by atoms with Crippen LogP contribution in [0.1, 0.15) is 19.3 Å². The Labute approximate surface area is 136 Å². The zero-order chi connectivity index (χ0) is 16.2. The van der Waals surface area contributed by atoms with Crippen molar-refractivity contribution in [2.75, 3.05) is 39.8 Å². The van der Waals surface area contributed by atoms with Crippen LogP contribution in [-0.2, 0) is 11.3 Å². The Bertz CT molecular complexity index is 537. The van der Waals surface area contributed by atoms with Crippen molar-refractivity contribution in [3.63, 3.8) is 0 Å². The van der Waals surface area contributed by atoms with Gasteiger partial charge in [-0.1, -0.05) is 0 Å². The first-order chi connectivity index (χ1) is 11.1. The molecule has 0 unspecified atom stereocenters. The van der Waals surface area contributed by atoms with Crippen LogP contribution in [0.15, 0.2) is 18.5 Å². The van der Waals surface area contributed by atoms with E-state index in [0.717, 1.165) is 38.9 Å². The summed E-state index contributed by atoms with van der Waals surface area (Å²) >= 11 is 0. The maximum Gasteiger partial charge on any atom is 0.320 e. The highest BCUT2D eigenvalue weighted by Gasteiger charge is 2.30. The van der Waals surface area contributed by atoms with E-state index in [4.69, 9.17) is 0 Å². The van der Waals surface area contributed by atoms with Crippen LogP contribution < -0.4 is 0 Å². The summed E-state index contributed by atoms with van der Waals surface area (Å²) in [6.45, 7) is 4.14. The van der Waals surface area contributed by atoms with E-state index in [-0.39, 0.29) is 18.5 Å². The van der Waals surface area contributed by atoms with E-state index in [9.17, 15) is 9.59 Å². The lowest BCUT2D eigenvalue weighted by Gasteiger charge is -2.33. The highest BCUT2D eigenvalue weighted by molar-refractivity contribution is 5.85. The van der Waals surface area contributed by atoms with Crippen molar-refractivity contribution in [1.29, 1.82) is 0 Å². The molecule has 0 saturated carbocycles. The van der Waals surface area contributed by atoms with Gasteiger partial charge in [0.2, 0.25) is 5.91 Å². The van der Waals surface area contributed by atoms with Crippen LogP contribution in [0.3, 0.4) is 0 Å². The van der Waals surface area contributed by atoms with Gasteiger partial charge in [0.1, 0.15) is 6.54 Å². The van der Waals surface area contributed by atoms with E-state index in [1.165, 1.54) is 0 Å². The predicted molar refractivity (Wildman–Crippen MR) is 85.7 cm³/mol. The lowest BCUT2D eigenvalue weighted by Crippen LogP contribution is -2.45. The molecule has 1 aromatic rings. The minimum absolute atomic E-state index is 0.0348. The summed E-state index contributed by atoms with van der Waals surface area (Å²) in [5.74, 6) is 0.738. The van der Waals surface area contributed by atoms with Crippen molar-refractivity contribution in [1.82, 2.24) is 24.5 Å². The van der Waals surface area contributed by atoms with Crippen LogP contribution in [0, 0.1) is 5.92 Å². The van der Waals surface area contributed by atoms with Crippen LogP contribution in [0.4, 0.5) is 4.79 Å².